The molecule has 1 fully saturated rings. The third-order valence-electron chi connectivity index (χ3n) is 4.46. The zero-order chi connectivity index (χ0) is 18.4. The zero-order valence-electron chi connectivity index (χ0n) is 14.9. The first-order valence-electron chi connectivity index (χ1n) is 8.87. The van der Waals surface area contributed by atoms with Crippen LogP contribution in [0.25, 0.3) is 10.6 Å². The molecule has 1 aliphatic carbocycles. The van der Waals surface area contributed by atoms with Crippen LogP contribution in [0, 0.1) is 0 Å². The minimum atomic E-state index is -1.24. The average molecular weight is 393 g/mol. The SMILES string of the molecule is COc1ccc(-c2nc(CS(=O)CC(=O)NC3CCCCC3)cs2)cc1. The van der Waals surface area contributed by atoms with Crippen LogP contribution in [0.1, 0.15) is 37.8 Å². The number of nitrogens with one attached hydrogen (secondary N) is 1. The molecule has 0 saturated heterocycles. The molecular weight excluding hydrogens is 368 g/mol. The van der Waals surface area contributed by atoms with Crippen molar-refractivity contribution in [3.05, 3.63) is 35.3 Å². The van der Waals surface area contributed by atoms with Gasteiger partial charge in [-0.15, -0.1) is 11.3 Å². The normalized spacial score (nSPS) is 16.2. The van der Waals surface area contributed by atoms with E-state index >= 15 is 0 Å². The monoisotopic (exact) mass is 392 g/mol. The van der Waals surface area contributed by atoms with Gasteiger partial charge in [0.2, 0.25) is 5.91 Å². The number of benzene rings is 1. The van der Waals surface area contributed by atoms with Crippen LogP contribution in [0.15, 0.2) is 29.6 Å². The topological polar surface area (TPSA) is 68.3 Å². The van der Waals surface area contributed by atoms with Gasteiger partial charge < -0.3 is 10.1 Å². The van der Waals surface area contributed by atoms with Crippen LogP contribution >= 0.6 is 11.3 Å². The molecule has 5 nitrogen and oxygen atoms in total. The summed E-state index contributed by atoms with van der Waals surface area (Å²) in [6.45, 7) is 0. The molecule has 1 amide bonds. The molecule has 1 aromatic carbocycles. The zero-order valence-corrected chi connectivity index (χ0v) is 16.5. The molecule has 1 heterocycles. The summed E-state index contributed by atoms with van der Waals surface area (Å²) in [6, 6.07) is 7.95. The predicted octanol–water partition coefficient (Wildman–Crippen LogP) is 3.52. The van der Waals surface area contributed by atoms with Gasteiger partial charge in [0.15, 0.2) is 0 Å². The summed E-state index contributed by atoms with van der Waals surface area (Å²) < 4.78 is 17.5. The van der Waals surface area contributed by atoms with Crippen molar-refractivity contribution in [2.45, 2.75) is 43.9 Å². The molecular formula is C19H24N2O3S2. The molecule has 1 saturated carbocycles. The van der Waals surface area contributed by atoms with E-state index in [1.807, 2.05) is 29.6 Å². The molecule has 0 aliphatic heterocycles. The molecule has 140 valence electrons. The van der Waals surface area contributed by atoms with E-state index in [1.54, 1.807) is 7.11 Å². The van der Waals surface area contributed by atoms with Crippen LogP contribution in [0.5, 0.6) is 5.75 Å². The highest BCUT2D eigenvalue weighted by molar-refractivity contribution is 7.84. The number of rotatable bonds is 7. The van der Waals surface area contributed by atoms with Gasteiger partial charge in [-0.05, 0) is 37.1 Å². The lowest BCUT2D eigenvalue weighted by Crippen LogP contribution is -2.38. The first-order valence-corrected chi connectivity index (χ1v) is 11.2. The second kappa shape index (κ2) is 9.28. The predicted molar refractivity (Wildman–Crippen MR) is 106 cm³/mol. The fourth-order valence-electron chi connectivity index (χ4n) is 3.12. The summed E-state index contributed by atoms with van der Waals surface area (Å²) in [4.78, 5) is 16.6. The minimum Gasteiger partial charge on any atom is -0.497 e. The molecule has 26 heavy (non-hydrogen) atoms. The van der Waals surface area contributed by atoms with E-state index < -0.39 is 10.8 Å². The van der Waals surface area contributed by atoms with Crippen molar-refractivity contribution in [2.24, 2.45) is 0 Å². The highest BCUT2D eigenvalue weighted by Crippen LogP contribution is 2.26. The molecule has 0 bridgehead atoms. The Morgan fingerprint density at radius 3 is 2.69 bits per heavy atom. The van der Waals surface area contributed by atoms with Gasteiger partial charge in [0, 0.05) is 27.8 Å². The van der Waals surface area contributed by atoms with E-state index in [1.165, 1.54) is 30.6 Å². The van der Waals surface area contributed by atoms with Crippen LogP contribution < -0.4 is 10.1 Å². The Hall–Kier alpha value is -1.73. The standard InChI is InChI=1S/C19H24N2O3S2/c1-24-17-9-7-14(8-10-17)19-21-16(11-25-19)12-26(23)13-18(22)20-15-5-3-2-4-6-15/h7-11,15H,2-6,12-13H2,1H3,(H,20,22). The second-order valence-corrected chi connectivity index (χ2v) is 8.82. The molecule has 0 spiro atoms. The number of hydrogen-bond donors (Lipinski definition) is 1. The Labute approximate surface area is 160 Å². The Morgan fingerprint density at radius 1 is 1.27 bits per heavy atom. The molecule has 1 N–H and O–H groups in total. The van der Waals surface area contributed by atoms with Crippen LogP contribution in [0.4, 0.5) is 0 Å². The van der Waals surface area contributed by atoms with Crippen molar-refractivity contribution in [2.75, 3.05) is 12.9 Å². The van der Waals surface area contributed by atoms with Crippen molar-refractivity contribution in [3.8, 4) is 16.3 Å². The molecule has 0 radical (unpaired) electrons. The van der Waals surface area contributed by atoms with Gasteiger partial charge in [-0.1, -0.05) is 19.3 Å². The van der Waals surface area contributed by atoms with Gasteiger partial charge in [0.25, 0.3) is 0 Å². The smallest absolute Gasteiger partial charge is 0.232 e. The van der Waals surface area contributed by atoms with Gasteiger partial charge in [-0.3, -0.25) is 9.00 Å². The number of amides is 1. The van der Waals surface area contributed by atoms with Gasteiger partial charge in [-0.25, -0.2) is 4.98 Å². The van der Waals surface area contributed by atoms with Crippen molar-refractivity contribution < 1.29 is 13.7 Å². The van der Waals surface area contributed by atoms with Crippen LogP contribution in [-0.2, 0) is 21.3 Å². The molecule has 1 aromatic heterocycles. The highest BCUT2D eigenvalue weighted by Gasteiger charge is 2.17. The van der Waals surface area contributed by atoms with E-state index in [0.29, 0.717) is 5.75 Å². The lowest BCUT2D eigenvalue weighted by atomic mass is 9.95. The van der Waals surface area contributed by atoms with Gasteiger partial charge in [0.05, 0.1) is 18.6 Å². The first-order chi connectivity index (χ1) is 12.6. The van der Waals surface area contributed by atoms with E-state index in [2.05, 4.69) is 10.3 Å². The van der Waals surface area contributed by atoms with Crippen LogP contribution in [0.3, 0.4) is 0 Å². The number of nitrogens with zero attached hydrogens (tertiary/aromatic N) is 1. The first kappa shape index (κ1) is 19.0. The average Bonchev–Trinajstić information content (AvgIpc) is 3.10. The Morgan fingerprint density at radius 2 is 2.00 bits per heavy atom. The summed E-state index contributed by atoms with van der Waals surface area (Å²) in [5.41, 5.74) is 1.77. The number of ether oxygens (including phenoxy) is 1. The number of carbonyl (C=O) groups is 1. The second-order valence-electron chi connectivity index (χ2n) is 6.50. The van der Waals surface area contributed by atoms with E-state index in [9.17, 15) is 9.00 Å². The number of thiazole rings is 1. The molecule has 1 atom stereocenters. The summed E-state index contributed by atoms with van der Waals surface area (Å²) in [5.74, 6) is 1.05. The molecule has 1 aliphatic rings. The Bertz CT molecular complexity index is 752. The maximum atomic E-state index is 12.3. The summed E-state index contributed by atoms with van der Waals surface area (Å²) in [6.07, 6.45) is 5.66. The maximum Gasteiger partial charge on any atom is 0.232 e. The third kappa shape index (κ3) is 5.38. The largest absolute Gasteiger partial charge is 0.497 e. The number of hydrogen-bond acceptors (Lipinski definition) is 5. The Kier molecular flexibility index (Phi) is 6.80. The highest BCUT2D eigenvalue weighted by atomic mass is 32.2. The fraction of sp³-hybridized carbons (Fsp3) is 0.474. The summed E-state index contributed by atoms with van der Waals surface area (Å²) in [5, 5.41) is 5.81. The number of aromatic nitrogens is 1. The maximum absolute atomic E-state index is 12.3. The lowest BCUT2D eigenvalue weighted by molar-refractivity contribution is -0.119. The van der Waals surface area contributed by atoms with E-state index in [0.717, 1.165) is 34.9 Å². The van der Waals surface area contributed by atoms with Gasteiger partial charge in [0.1, 0.15) is 16.5 Å². The summed E-state index contributed by atoms with van der Waals surface area (Å²) in [7, 11) is 0.394. The van der Waals surface area contributed by atoms with E-state index in [-0.39, 0.29) is 17.7 Å². The van der Waals surface area contributed by atoms with Gasteiger partial charge >= 0.3 is 0 Å². The Balaban J connectivity index is 1.51. The van der Waals surface area contributed by atoms with Gasteiger partial charge in [-0.2, -0.15) is 0 Å². The quantitative estimate of drug-likeness (QED) is 0.783. The number of carbonyl (C=O) groups excluding carboxylic acids is 1. The molecule has 2 aromatic rings. The molecule has 3 rings (SSSR count). The third-order valence-corrected chi connectivity index (χ3v) is 6.60. The minimum absolute atomic E-state index is 0.0475. The van der Waals surface area contributed by atoms with Crippen molar-refractivity contribution in [1.82, 2.24) is 10.3 Å². The molecule has 7 heteroatoms. The molecule has 1 unspecified atom stereocenters. The van der Waals surface area contributed by atoms with Crippen molar-refractivity contribution in [3.63, 3.8) is 0 Å². The van der Waals surface area contributed by atoms with Crippen molar-refractivity contribution in [1.29, 1.82) is 0 Å². The summed E-state index contributed by atoms with van der Waals surface area (Å²) >= 11 is 1.52. The fourth-order valence-corrected chi connectivity index (χ4v) is 5.00. The lowest BCUT2D eigenvalue weighted by Gasteiger charge is -2.22. The van der Waals surface area contributed by atoms with Crippen LogP contribution in [-0.4, -0.2) is 34.0 Å². The number of methoxy groups -OCH3 is 1. The van der Waals surface area contributed by atoms with Crippen LogP contribution in [0.2, 0.25) is 0 Å². The van der Waals surface area contributed by atoms with E-state index in [4.69, 9.17) is 4.74 Å². The van der Waals surface area contributed by atoms with Crippen molar-refractivity contribution >= 4 is 28.0 Å².